The normalized spacial score (nSPS) is 27.0. The Morgan fingerprint density at radius 3 is 2.70 bits per heavy atom. The van der Waals surface area contributed by atoms with Crippen LogP contribution in [0.1, 0.15) is 44.6 Å². The minimum atomic E-state index is -4.50. The van der Waals surface area contributed by atoms with E-state index in [1.54, 1.807) is 0 Å². The average Bonchev–Trinajstić information content (AvgIpc) is 3.51. The topological polar surface area (TPSA) is 70.2 Å². The van der Waals surface area contributed by atoms with E-state index in [2.05, 4.69) is 27.5 Å². The molecular weight excluding hydrogens is 431 g/mol. The predicted molar refractivity (Wildman–Crippen MR) is 120 cm³/mol. The molecular formula is C24H30F3N5O. The van der Waals surface area contributed by atoms with Crippen LogP contribution in [0.5, 0.6) is 0 Å². The van der Waals surface area contributed by atoms with Crippen LogP contribution in [0.2, 0.25) is 0 Å². The third kappa shape index (κ3) is 4.27. The van der Waals surface area contributed by atoms with Crippen molar-refractivity contribution in [1.82, 2.24) is 20.6 Å². The molecule has 1 aliphatic carbocycles. The van der Waals surface area contributed by atoms with Crippen LogP contribution in [0, 0.1) is 17.3 Å². The van der Waals surface area contributed by atoms with Crippen LogP contribution in [0.3, 0.4) is 0 Å². The number of fused-ring (bicyclic) bond motifs is 1. The van der Waals surface area contributed by atoms with Gasteiger partial charge in [-0.2, -0.15) is 13.2 Å². The number of carbonyl (C=O) groups excluding carboxylic acids is 1. The molecule has 1 saturated carbocycles. The number of carbonyl (C=O) groups is 1. The molecule has 3 heterocycles. The summed E-state index contributed by atoms with van der Waals surface area (Å²) in [5, 5.41) is 6.77. The van der Waals surface area contributed by atoms with E-state index in [9.17, 15) is 18.0 Å². The van der Waals surface area contributed by atoms with Gasteiger partial charge >= 0.3 is 6.18 Å². The summed E-state index contributed by atoms with van der Waals surface area (Å²) in [6, 6.07) is 2.74. The minimum Gasteiger partial charge on any atom is -0.368 e. The molecule has 1 amide bonds. The maximum Gasteiger partial charge on any atom is 0.418 e. The molecule has 2 N–H and O–H groups in total. The van der Waals surface area contributed by atoms with Crippen LogP contribution in [0.4, 0.5) is 18.9 Å². The summed E-state index contributed by atoms with van der Waals surface area (Å²) in [7, 11) is 0. The van der Waals surface area contributed by atoms with Gasteiger partial charge in [0.1, 0.15) is 11.0 Å². The lowest BCUT2D eigenvalue weighted by Crippen LogP contribution is -2.42. The summed E-state index contributed by atoms with van der Waals surface area (Å²) in [6.45, 7) is 5.23. The van der Waals surface area contributed by atoms with Gasteiger partial charge in [0.25, 0.3) is 0 Å². The van der Waals surface area contributed by atoms with E-state index in [-0.39, 0.29) is 34.3 Å². The van der Waals surface area contributed by atoms with Gasteiger partial charge < -0.3 is 15.5 Å². The molecule has 33 heavy (non-hydrogen) atoms. The Bertz CT molecular complexity index is 1040. The zero-order valence-corrected chi connectivity index (χ0v) is 18.8. The van der Waals surface area contributed by atoms with Crippen molar-refractivity contribution >= 4 is 22.6 Å². The van der Waals surface area contributed by atoms with Crippen molar-refractivity contribution in [1.29, 1.82) is 0 Å². The number of nitrogens with one attached hydrogen (secondary N) is 2. The Kier molecular flexibility index (Phi) is 5.71. The second kappa shape index (κ2) is 8.42. The van der Waals surface area contributed by atoms with Crippen molar-refractivity contribution in [2.75, 3.05) is 31.1 Å². The molecule has 3 aliphatic rings. The van der Waals surface area contributed by atoms with Crippen molar-refractivity contribution in [3.05, 3.63) is 30.1 Å². The summed E-state index contributed by atoms with van der Waals surface area (Å²) in [6.07, 6.45) is 3.14. The Morgan fingerprint density at radius 2 is 2.00 bits per heavy atom. The first kappa shape index (κ1) is 22.4. The maximum atomic E-state index is 13.5. The van der Waals surface area contributed by atoms with Crippen LogP contribution < -0.4 is 15.5 Å². The van der Waals surface area contributed by atoms with Crippen LogP contribution >= 0.6 is 0 Å². The third-order valence-electron chi connectivity index (χ3n) is 7.75. The second-order valence-electron chi connectivity index (χ2n) is 9.89. The number of alkyl halides is 3. The van der Waals surface area contributed by atoms with E-state index in [1.807, 2.05) is 4.90 Å². The molecule has 0 radical (unpaired) electrons. The number of aromatic nitrogens is 2. The molecule has 178 valence electrons. The number of nitrogens with zero attached hydrogens (tertiary/aromatic N) is 3. The molecule has 3 fully saturated rings. The molecule has 9 heteroatoms. The lowest BCUT2D eigenvalue weighted by atomic mass is 9.91. The lowest BCUT2D eigenvalue weighted by Gasteiger charge is -2.24. The van der Waals surface area contributed by atoms with E-state index in [0.717, 1.165) is 51.3 Å². The summed E-state index contributed by atoms with van der Waals surface area (Å²) in [4.78, 5) is 23.6. The average molecular weight is 462 g/mol. The first-order valence-electron chi connectivity index (χ1n) is 11.9. The number of hydrogen-bond donors (Lipinski definition) is 2. The highest BCUT2D eigenvalue weighted by molar-refractivity contribution is 5.92. The zero-order valence-electron chi connectivity index (χ0n) is 18.8. The van der Waals surface area contributed by atoms with E-state index >= 15 is 0 Å². The molecule has 6 nitrogen and oxygen atoms in total. The van der Waals surface area contributed by atoms with Gasteiger partial charge in [-0.15, -0.1) is 0 Å². The fraction of sp³-hybridized carbons (Fsp3) is 0.625. The summed E-state index contributed by atoms with van der Waals surface area (Å²) < 4.78 is 40.5. The number of amides is 1. The van der Waals surface area contributed by atoms with E-state index < -0.39 is 11.7 Å². The Morgan fingerprint density at radius 1 is 1.24 bits per heavy atom. The Labute approximate surface area is 191 Å². The minimum absolute atomic E-state index is 0.0825. The number of anilines is 1. The molecule has 1 aromatic heterocycles. The predicted octanol–water partition coefficient (Wildman–Crippen LogP) is 3.76. The van der Waals surface area contributed by atoms with Gasteiger partial charge in [-0.1, -0.05) is 13.3 Å². The third-order valence-corrected chi connectivity index (χ3v) is 7.75. The van der Waals surface area contributed by atoms with E-state index in [1.165, 1.54) is 18.5 Å². The van der Waals surface area contributed by atoms with E-state index in [0.29, 0.717) is 24.7 Å². The van der Waals surface area contributed by atoms with E-state index in [4.69, 9.17) is 0 Å². The number of benzene rings is 1. The molecule has 1 aromatic carbocycles. The smallest absolute Gasteiger partial charge is 0.368 e. The molecule has 3 unspecified atom stereocenters. The van der Waals surface area contributed by atoms with Gasteiger partial charge in [-0.05, 0) is 56.8 Å². The SMILES string of the molecule is CCC1CNCCC(NC(=O)C2CN(c3ccc(C(F)(F)F)c4nccnc34)CC23CC3)C1. The highest BCUT2D eigenvalue weighted by Crippen LogP contribution is 2.57. The highest BCUT2D eigenvalue weighted by Gasteiger charge is 2.58. The molecule has 3 atom stereocenters. The standard InChI is InChI=1S/C24H30F3N5O/c1-2-15-11-16(5-8-28-12-15)31-22(33)18-13-32(14-23(18)6-7-23)19-4-3-17(24(25,26)27)20-21(19)30-10-9-29-20/h3-4,9-10,15-16,18,28H,2,5-8,11-14H2,1H3,(H,31,33). The molecule has 2 aromatic rings. The summed E-state index contributed by atoms with van der Waals surface area (Å²) >= 11 is 0. The zero-order chi connectivity index (χ0) is 23.2. The largest absolute Gasteiger partial charge is 0.418 e. The number of hydrogen-bond acceptors (Lipinski definition) is 5. The van der Waals surface area contributed by atoms with Crippen LogP contribution in [-0.4, -0.2) is 48.1 Å². The molecule has 5 rings (SSSR count). The van der Waals surface area contributed by atoms with Gasteiger partial charge in [0.2, 0.25) is 5.91 Å². The quantitative estimate of drug-likeness (QED) is 0.726. The van der Waals surface area contributed by atoms with Gasteiger partial charge in [0, 0.05) is 36.9 Å². The molecule has 2 saturated heterocycles. The van der Waals surface area contributed by atoms with Gasteiger partial charge in [-0.25, -0.2) is 0 Å². The monoisotopic (exact) mass is 461 g/mol. The molecule has 0 bridgehead atoms. The molecule has 2 aliphatic heterocycles. The first-order chi connectivity index (χ1) is 15.8. The Hall–Kier alpha value is -2.42. The van der Waals surface area contributed by atoms with Gasteiger partial charge in [0.05, 0.1) is 17.2 Å². The number of rotatable bonds is 4. The first-order valence-corrected chi connectivity index (χ1v) is 11.9. The van der Waals surface area contributed by atoms with Crippen molar-refractivity contribution in [3.63, 3.8) is 0 Å². The van der Waals surface area contributed by atoms with Crippen LogP contribution in [0.25, 0.3) is 11.0 Å². The Balaban J connectivity index is 1.38. The number of halogens is 3. The second-order valence-corrected chi connectivity index (χ2v) is 9.89. The van der Waals surface area contributed by atoms with Gasteiger partial charge in [-0.3, -0.25) is 14.8 Å². The van der Waals surface area contributed by atoms with Gasteiger partial charge in [0.15, 0.2) is 0 Å². The summed E-state index contributed by atoms with van der Waals surface area (Å²) in [5.41, 5.74) is -0.149. The van der Waals surface area contributed by atoms with Crippen molar-refractivity contribution in [3.8, 4) is 0 Å². The maximum absolute atomic E-state index is 13.5. The molecule has 1 spiro atoms. The van der Waals surface area contributed by atoms with Crippen molar-refractivity contribution in [2.45, 2.75) is 51.2 Å². The fourth-order valence-corrected chi connectivity index (χ4v) is 5.64. The highest BCUT2D eigenvalue weighted by atomic mass is 19.4. The van der Waals surface area contributed by atoms with Crippen molar-refractivity contribution < 1.29 is 18.0 Å². The fourth-order valence-electron chi connectivity index (χ4n) is 5.64. The van der Waals surface area contributed by atoms with Crippen LogP contribution in [-0.2, 0) is 11.0 Å². The van der Waals surface area contributed by atoms with Crippen LogP contribution in [0.15, 0.2) is 24.5 Å². The lowest BCUT2D eigenvalue weighted by molar-refractivity contribution is -0.136. The van der Waals surface area contributed by atoms with Crippen molar-refractivity contribution in [2.24, 2.45) is 17.3 Å². The summed E-state index contributed by atoms with van der Waals surface area (Å²) in [5.74, 6) is 0.478.